The van der Waals surface area contributed by atoms with E-state index in [1.807, 2.05) is 6.08 Å². The molecule has 0 aromatic carbocycles. The number of aliphatic hydroxyl groups is 2. The van der Waals surface area contributed by atoms with Crippen molar-refractivity contribution in [3.63, 3.8) is 0 Å². The minimum atomic E-state index is -0.886. The lowest BCUT2D eigenvalue weighted by Gasteiger charge is -2.19. The summed E-state index contributed by atoms with van der Waals surface area (Å²) in [5.74, 6) is -0.0923. The SMILES string of the molecule is CC/C=C\C/C=C\C/C=C\C/C=C\C/C=C\C/C=C\C/C=C\CCCCCCCCCC(=O)NC(CO)C(O)/C=C/CC/C=C/CC/C=C/CCCCCCCCCCCCCCCCCCCCCCCC. The first-order valence-corrected chi connectivity index (χ1v) is 31.2. The van der Waals surface area contributed by atoms with Crippen LogP contribution in [0.25, 0.3) is 0 Å². The minimum absolute atomic E-state index is 0.0923. The highest BCUT2D eigenvalue weighted by Gasteiger charge is 2.18. The van der Waals surface area contributed by atoms with Gasteiger partial charge in [0.25, 0.3) is 0 Å². The lowest BCUT2D eigenvalue weighted by atomic mass is 10.0. The molecule has 2 unspecified atom stereocenters. The molecule has 0 aromatic heterocycles. The number of carbonyl (C=O) groups is 1. The van der Waals surface area contributed by atoms with Crippen LogP contribution in [0.2, 0.25) is 0 Å². The number of unbranched alkanes of at least 4 members (excludes halogenated alkanes) is 31. The number of allylic oxidation sites excluding steroid dienone is 19. The van der Waals surface area contributed by atoms with Crippen LogP contribution < -0.4 is 5.32 Å². The first-order chi connectivity index (χ1) is 36.2. The predicted octanol–water partition coefficient (Wildman–Crippen LogP) is 21.2. The number of rotatable bonds is 56. The van der Waals surface area contributed by atoms with E-state index in [9.17, 15) is 15.0 Å². The van der Waals surface area contributed by atoms with Gasteiger partial charge in [0.05, 0.1) is 18.8 Å². The van der Waals surface area contributed by atoms with Gasteiger partial charge in [-0.15, -0.1) is 0 Å². The average molecular weight is 1010 g/mol. The molecule has 0 aliphatic carbocycles. The van der Waals surface area contributed by atoms with E-state index < -0.39 is 12.1 Å². The highest BCUT2D eigenvalue weighted by molar-refractivity contribution is 5.76. The molecule has 0 heterocycles. The molecule has 4 nitrogen and oxygen atoms in total. The minimum Gasteiger partial charge on any atom is -0.394 e. The second kappa shape index (κ2) is 63.1. The monoisotopic (exact) mass is 1010 g/mol. The number of hydrogen-bond acceptors (Lipinski definition) is 3. The summed E-state index contributed by atoms with van der Waals surface area (Å²) in [5.41, 5.74) is 0. The number of nitrogens with one attached hydrogen (secondary N) is 1. The van der Waals surface area contributed by atoms with Crippen molar-refractivity contribution in [2.24, 2.45) is 0 Å². The van der Waals surface area contributed by atoms with E-state index in [0.29, 0.717) is 6.42 Å². The lowest BCUT2D eigenvalue weighted by molar-refractivity contribution is -0.123. The summed E-state index contributed by atoms with van der Waals surface area (Å²) in [6.45, 7) is 4.19. The van der Waals surface area contributed by atoms with E-state index in [1.54, 1.807) is 6.08 Å². The zero-order chi connectivity index (χ0) is 52.7. The Balaban J connectivity index is 3.61. The van der Waals surface area contributed by atoms with Gasteiger partial charge in [0.2, 0.25) is 5.91 Å². The summed E-state index contributed by atoms with van der Waals surface area (Å²) in [5, 5.41) is 23.2. The zero-order valence-corrected chi connectivity index (χ0v) is 48.1. The molecule has 0 aromatic rings. The third-order valence-electron chi connectivity index (χ3n) is 13.7. The van der Waals surface area contributed by atoms with Crippen LogP contribution in [0.4, 0.5) is 0 Å². The molecule has 0 rings (SSSR count). The molecule has 0 saturated carbocycles. The van der Waals surface area contributed by atoms with Crippen LogP contribution in [0, 0.1) is 0 Å². The maximum Gasteiger partial charge on any atom is 0.220 e. The van der Waals surface area contributed by atoms with Crippen molar-refractivity contribution in [3.8, 4) is 0 Å². The highest BCUT2D eigenvalue weighted by atomic mass is 16.3. The van der Waals surface area contributed by atoms with Gasteiger partial charge in [-0.25, -0.2) is 0 Å². The first kappa shape index (κ1) is 69.8. The largest absolute Gasteiger partial charge is 0.394 e. The van der Waals surface area contributed by atoms with Crippen molar-refractivity contribution in [2.75, 3.05) is 6.61 Å². The van der Waals surface area contributed by atoms with Gasteiger partial charge in [-0.2, -0.15) is 0 Å². The summed E-state index contributed by atoms with van der Waals surface area (Å²) in [6, 6.07) is -0.663. The van der Waals surface area contributed by atoms with Gasteiger partial charge >= 0.3 is 0 Å². The van der Waals surface area contributed by atoms with E-state index in [2.05, 4.69) is 129 Å². The molecule has 73 heavy (non-hydrogen) atoms. The van der Waals surface area contributed by atoms with Gasteiger partial charge in [-0.1, -0.05) is 302 Å². The molecular formula is C69H119NO3. The molecule has 418 valence electrons. The van der Waals surface area contributed by atoms with E-state index >= 15 is 0 Å². The van der Waals surface area contributed by atoms with E-state index in [4.69, 9.17) is 0 Å². The fourth-order valence-corrected chi connectivity index (χ4v) is 8.96. The van der Waals surface area contributed by atoms with Crippen LogP contribution in [-0.4, -0.2) is 34.9 Å². The standard InChI is InChI=1S/C69H119NO3/c1-3-5-7-9-11-13-15-17-19-21-23-25-27-29-31-33-34-35-37-38-40-42-44-46-48-50-52-54-56-58-60-62-64-68(72)67(66-71)70-69(73)65-63-61-59-57-55-53-51-49-47-45-43-41-39-36-32-30-28-26-24-22-20-18-16-14-12-10-8-6-4-2/h6,8,12,14,18,20,24,26,30,32,39,41,45-48,54,56,62,64,67-68,71-72H,3-5,7,9-11,13,15-17,19,21-23,25,27-29,31,33-38,40,42-44,49-53,55,57-61,63,65-66H2,1-2H3,(H,70,73)/b8-6-,14-12-,20-18-,26-24-,32-30-,41-39-,47-45-,48-46+,56-54+,64-62+. The zero-order valence-electron chi connectivity index (χ0n) is 48.1. The van der Waals surface area contributed by atoms with E-state index in [-0.39, 0.29) is 12.5 Å². The molecule has 0 fully saturated rings. The molecule has 0 spiro atoms. The van der Waals surface area contributed by atoms with Crippen LogP contribution in [0.1, 0.15) is 290 Å². The number of carbonyl (C=O) groups excluding carboxylic acids is 1. The second-order valence-electron chi connectivity index (χ2n) is 20.7. The van der Waals surface area contributed by atoms with E-state index in [1.165, 1.54) is 173 Å². The van der Waals surface area contributed by atoms with Gasteiger partial charge in [-0.3, -0.25) is 4.79 Å². The maximum absolute atomic E-state index is 12.5. The van der Waals surface area contributed by atoms with Gasteiger partial charge in [-0.05, 0) is 103 Å². The van der Waals surface area contributed by atoms with Gasteiger partial charge in [0, 0.05) is 6.42 Å². The smallest absolute Gasteiger partial charge is 0.220 e. The Kier molecular flexibility index (Phi) is 60.3. The van der Waals surface area contributed by atoms with Crippen LogP contribution in [0.15, 0.2) is 122 Å². The molecule has 0 saturated heterocycles. The van der Waals surface area contributed by atoms with Crippen LogP contribution in [-0.2, 0) is 4.79 Å². The summed E-state index contributed by atoms with van der Waals surface area (Å²) in [6.07, 6.45) is 96.7. The predicted molar refractivity (Wildman–Crippen MR) is 326 cm³/mol. The Labute approximate surface area is 454 Å². The molecule has 0 bridgehead atoms. The van der Waals surface area contributed by atoms with Crippen LogP contribution in [0.5, 0.6) is 0 Å². The van der Waals surface area contributed by atoms with Crippen LogP contribution in [0.3, 0.4) is 0 Å². The maximum atomic E-state index is 12.5. The second-order valence-corrected chi connectivity index (χ2v) is 20.7. The summed E-state index contributed by atoms with van der Waals surface area (Å²) < 4.78 is 0. The van der Waals surface area contributed by atoms with Gasteiger partial charge in [0.15, 0.2) is 0 Å². The molecule has 0 aliphatic heterocycles. The van der Waals surface area contributed by atoms with Crippen LogP contribution >= 0.6 is 0 Å². The molecule has 4 heteroatoms. The number of amides is 1. The fraction of sp³-hybridized carbons (Fsp3) is 0.696. The van der Waals surface area contributed by atoms with Crippen molar-refractivity contribution in [1.82, 2.24) is 5.32 Å². The average Bonchev–Trinajstić information content (AvgIpc) is 3.40. The van der Waals surface area contributed by atoms with Crippen molar-refractivity contribution >= 4 is 5.91 Å². The van der Waals surface area contributed by atoms with Crippen molar-refractivity contribution in [2.45, 2.75) is 302 Å². The molecular weight excluding hydrogens is 891 g/mol. The fourth-order valence-electron chi connectivity index (χ4n) is 8.96. The third kappa shape index (κ3) is 59.5. The molecule has 2 atom stereocenters. The Hall–Kier alpha value is -3.21. The summed E-state index contributed by atoms with van der Waals surface area (Å²) in [7, 11) is 0. The number of aliphatic hydroxyl groups excluding tert-OH is 2. The van der Waals surface area contributed by atoms with Crippen molar-refractivity contribution in [1.29, 1.82) is 0 Å². The summed E-state index contributed by atoms with van der Waals surface area (Å²) in [4.78, 5) is 12.5. The Morgan fingerprint density at radius 1 is 0.342 bits per heavy atom. The van der Waals surface area contributed by atoms with Gasteiger partial charge < -0.3 is 15.5 Å². The van der Waals surface area contributed by atoms with Crippen molar-refractivity contribution < 1.29 is 15.0 Å². The van der Waals surface area contributed by atoms with E-state index in [0.717, 1.165) is 96.3 Å². The summed E-state index contributed by atoms with van der Waals surface area (Å²) >= 11 is 0. The molecule has 1 amide bonds. The normalized spacial score (nSPS) is 13.6. The number of hydrogen-bond donors (Lipinski definition) is 3. The molecule has 3 N–H and O–H groups in total. The topological polar surface area (TPSA) is 69.6 Å². The van der Waals surface area contributed by atoms with Crippen molar-refractivity contribution in [3.05, 3.63) is 122 Å². The molecule has 0 aliphatic rings. The first-order valence-electron chi connectivity index (χ1n) is 31.2. The van der Waals surface area contributed by atoms with Gasteiger partial charge in [0.1, 0.15) is 0 Å². The quantitative estimate of drug-likeness (QED) is 0.0420. The third-order valence-corrected chi connectivity index (χ3v) is 13.7. The Morgan fingerprint density at radius 3 is 0.959 bits per heavy atom. The Bertz CT molecular complexity index is 1420. The lowest BCUT2D eigenvalue weighted by Crippen LogP contribution is -2.45. The Morgan fingerprint density at radius 2 is 0.616 bits per heavy atom. The highest BCUT2D eigenvalue weighted by Crippen LogP contribution is 2.16. The molecule has 0 radical (unpaired) electrons.